The number of hydrogen-bond donors (Lipinski definition) is 1. The average molecular weight is 393 g/mol. The second-order valence-corrected chi connectivity index (χ2v) is 8.90. The van der Waals surface area contributed by atoms with Gasteiger partial charge in [-0.1, -0.05) is 0 Å². The highest BCUT2D eigenvalue weighted by Gasteiger charge is 2.50. The summed E-state index contributed by atoms with van der Waals surface area (Å²) in [7, 11) is -3.00. The Hall–Kier alpha value is -2.10. The van der Waals surface area contributed by atoms with Crippen LogP contribution >= 0.6 is 7.67 Å². The fourth-order valence-corrected chi connectivity index (χ4v) is 5.25. The predicted octanol–water partition coefficient (Wildman–Crippen LogP) is 2.09. The van der Waals surface area contributed by atoms with Gasteiger partial charge in [-0.3, -0.25) is 23.8 Å². The molecule has 0 bridgehead atoms. The summed E-state index contributed by atoms with van der Waals surface area (Å²) in [5, 5.41) is 20.6. The number of hydrogen-bond acceptors (Lipinski definition) is 6. The fourth-order valence-electron chi connectivity index (χ4n) is 2.91. The van der Waals surface area contributed by atoms with Crippen LogP contribution in [0.25, 0.3) is 5.69 Å². The summed E-state index contributed by atoms with van der Waals surface area (Å²) in [5.41, 5.74) is 1.31. The Morgan fingerprint density at radius 2 is 2.00 bits per heavy atom. The molecule has 2 aromatic rings. The van der Waals surface area contributed by atoms with Crippen molar-refractivity contribution in [3.8, 4) is 5.69 Å². The first-order valence-electron chi connectivity index (χ1n) is 8.64. The summed E-state index contributed by atoms with van der Waals surface area (Å²) in [5.74, 6) is 0. The quantitative estimate of drug-likeness (QED) is 0.314. The van der Waals surface area contributed by atoms with Gasteiger partial charge in [0.15, 0.2) is 0 Å². The molecule has 1 N–H and O–H groups in total. The molecule has 2 fully saturated rings. The highest BCUT2D eigenvalue weighted by atomic mass is 31.2. The first-order valence-corrected chi connectivity index (χ1v) is 10.2. The van der Waals surface area contributed by atoms with Crippen molar-refractivity contribution in [2.45, 2.75) is 19.6 Å². The Balaban J connectivity index is 1.65. The lowest BCUT2D eigenvalue weighted by Crippen LogP contribution is -2.11. The SMILES string of the molecule is CC(OP(=O)(N1CC1)N1CC1)c1ccc([N+](=O)[O-])c(-n2cnc(CO)c2)c1. The van der Waals surface area contributed by atoms with Gasteiger partial charge in [-0.05, 0) is 24.6 Å². The maximum absolute atomic E-state index is 13.2. The molecule has 1 aromatic heterocycles. The van der Waals surface area contributed by atoms with Crippen molar-refractivity contribution in [2.24, 2.45) is 0 Å². The summed E-state index contributed by atoms with van der Waals surface area (Å²) >= 11 is 0. The molecular weight excluding hydrogens is 373 g/mol. The van der Waals surface area contributed by atoms with Gasteiger partial charge in [-0.15, -0.1) is 0 Å². The third-order valence-electron chi connectivity index (χ3n) is 4.60. The zero-order chi connectivity index (χ0) is 19.2. The zero-order valence-corrected chi connectivity index (χ0v) is 15.7. The molecule has 0 radical (unpaired) electrons. The molecule has 27 heavy (non-hydrogen) atoms. The fraction of sp³-hybridized carbons (Fsp3) is 0.438. The van der Waals surface area contributed by atoms with Crippen LogP contribution in [0, 0.1) is 10.1 Å². The van der Waals surface area contributed by atoms with E-state index >= 15 is 0 Å². The van der Waals surface area contributed by atoms with Crippen molar-refractivity contribution in [3.05, 3.63) is 52.1 Å². The molecule has 10 nitrogen and oxygen atoms in total. The molecule has 1 unspecified atom stereocenters. The van der Waals surface area contributed by atoms with E-state index < -0.39 is 18.7 Å². The third-order valence-corrected chi connectivity index (χ3v) is 7.42. The second kappa shape index (κ2) is 6.81. The normalized spacial score (nSPS) is 18.4. The number of rotatable bonds is 8. The van der Waals surface area contributed by atoms with Crippen LogP contribution in [0.4, 0.5) is 5.69 Å². The topological polar surface area (TPSA) is 114 Å². The lowest BCUT2D eigenvalue weighted by Gasteiger charge is -2.24. The van der Waals surface area contributed by atoms with Crippen LogP contribution in [0.2, 0.25) is 0 Å². The minimum Gasteiger partial charge on any atom is -0.390 e. The van der Waals surface area contributed by atoms with Crippen LogP contribution in [0.5, 0.6) is 0 Å². The first-order chi connectivity index (χ1) is 12.9. The van der Waals surface area contributed by atoms with E-state index in [1.54, 1.807) is 19.1 Å². The van der Waals surface area contributed by atoms with Crippen LogP contribution in [0.1, 0.15) is 24.3 Å². The van der Waals surface area contributed by atoms with Gasteiger partial charge in [0.25, 0.3) is 5.69 Å². The van der Waals surface area contributed by atoms with Crippen molar-refractivity contribution < 1.29 is 19.1 Å². The number of aliphatic hydroxyl groups is 1. The zero-order valence-electron chi connectivity index (χ0n) is 14.8. The third kappa shape index (κ3) is 3.54. The standard InChI is InChI=1S/C16H20N5O5P/c1-12(26-27(25,19-4-5-19)20-6-7-20)13-2-3-15(21(23)24)16(8-13)18-9-14(10-22)17-11-18/h2-3,8-9,11-12,22H,4-7,10H2,1H3. The summed E-state index contributed by atoms with van der Waals surface area (Å²) in [6.45, 7) is 4.55. The van der Waals surface area contributed by atoms with Crippen LogP contribution < -0.4 is 0 Å². The van der Waals surface area contributed by atoms with Crippen molar-refractivity contribution >= 4 is 13.4 Å². The molecule has 3 heterocycles. The van der Waals surface area contributed by atoms with Gasteiger partial charge in [-0.2, -0.15) is 0 Å². The minimum absolute atomic E-state index is 0.0899. The minimum atomic E-state index is -3.00. The molecule has 0 spiro atoms. The van der Waals surface area contributed by atoms with E-state index in [1.807, 2.05) is 9.34 Å². The Morgan fingerprint density at radius 1 is 1.33 bits per heavy atom. The predicted molar refractivity (Wildman–Crippen MR) is 96.4 cm³/mol. The van der Waals surface area contributed by atoms with Crippen molar-refractivity contribution in [1.29, 1.82) is 0 Å². The number of nitrogens with zero attached hydrogens (tertiary/aromatic N) is 5. The van der Waals surface area contributed by atoms with Crippen molar-refractivity contribution in [3.63, 3.8) is 0 Å². The van der Waals surface area contributed by atoms with Crippen LogP contribution in [0.15, 0.2) is 30.7 Å². The first kappa shape index (κ1) is 18.3. The molecule has 2 saturated heterocycles. The van der Waals surface area contributed by atoms with Gasteiger partial charge in [0, 0.05) is 38.4 Å². The largest absolute Gasteiger partial charge is 0.390 e. The molecule has 0 saturated carbocycles. The van der Waals surface area contributed by atoms with E-state index in [9.17, 15) is 19.8 Å². The molecule has 1 aromatic carbocycles. The number of aliphatic hydroxyl groups excluding tert-OH is 1. The molecule has 11 heteroatoms. The Bertz CT molecular complexity index is 908. The van der Waals surface area contributed by atoms with Crippen LogP contribution in [-0.2, 0) is 15.7 Å². The van der Waals surface area contributed by atoms with E-state index in [0.717, 1.165) is 26.2 Å². The van der Waals surface area contributed by atoms with Gasteiger partial charge < -0.3 is 5.11 Å². The Morgan fingerprint density at radius 3 is 2.52 bits per heavy atom. The Kier molecular flexibility index (Phi) is 4.61. The monoisotopic (exact) mass is 393 g/mol. The summed E-state index contributed by atoms with van der Waals surface area (Å²) in [4.78, 5) is 14.9. The van der Waals surface area contributed by atoms with E-state index in [0.29, 0.717) is 16.9 Å². The molecule has 4 rings (SSSR count). The molecule has 1 atom stereocenters. The van der Waals surface area contributed by atoms with Gasteiger partial charge in [-0.25, -0.2) is 14.3 Å². The molecule has 2 aliphatic heterocycles. The summed E-state index contributed by atoms with van der Waals surface area (Å²) in [6.07, 6.45) is 2.45. The van der Waals surface area contributed by atoms with Gasteiger partial charge in [0.05, 0.1) is 29.7 Å². The van der Waals surface area contributed by atoms with E-state index in [4.69, 9.17) is 4.52 Å². The van der Waals surface area contributed by atoms with E-state index in [2.05, 4.69) is 4.98 Å². The van der Waals surface area contributed by atoms with Gasteiger partial charge >= 0.3 is 7.67 Å². The van der Waals surface area contributed by atoms with Gasteiger partial charge in [0.2, 0.25) is 0 Å². The number of nitro benzene ring substituents is 1. The molecular formula is C16H20N5O5P. The lowest BCUT2D eigenvalue weighted by atomic mass is 10.1. The Labute approximate surface area is 155 Å². The summed E-state index contributed by atoms with van der Waals surface area (Å²) < 4.78 is 24.3. The molecule has 0 amide bonds. The number of imidazole rings is 1. The maximum Gasteiger partial charge on any atom is 0.346 e. The number of aromatic nitrogens is 2. The highest BCUT2D eigenvalue weighted by molar-refractivity contribution is 7.54. The number of benzene rings is 1. The molecule has 2 aliphatic rings. The molecule has 144 valence electrons. The summed E-state index contributed by atoms with van der Waals surface area (Å²) in [6, 6.07) is 4.66. The average Bonchev–Trinajstić information content (AvgIpc) is 3.57. The smallest absolute Gasteiger partial charge is 0.346 e. The van der Waals surface area contributed by atoms with Crippen molar-refractivity contribution in [2.75, 3.05) is 26.2 Å². The van der Waals surface area contributed by atoms with Crippen LogP contribution in [0.3, 0.4) is 0 Å². The van der Waals surface area contributed by atoms with Crippen LogP contribution in [-0.4, -0.2) is 55.1 Å². The van der Waals surface area contributed by atoms with Gasteiger partial charge in [0.1, 0.15) is 5.69 Å². The van der Waals surface area contributed by atoms with Crippen molar-refractivity contribution in [1.82, 2.24) is 18.9 Å². The second-order valence-electron chi connectivity index (χ2n) is 6.58. The maximum atomic E-state index is 13.2. The van der Waals surface area contributed by atoms with E-state index in [1.165, 1.54) is 23.2 Å². The van der Waals surface area contributed by atoms with E-state index in [-0.39, 0.29) is 12.3 Å². The number of nitro groups is 1. The molecule has 0 aliphatic carbocycles. The lowest BCUT2D eigenvalue weighted by molar-refractivity contribution is -0.384. The highest BCUT2D eigenvalue weighted by Crippen LogP contribution is 2.63.